The van der Waals surface area contributed by atoms with Crippen LogP contribution in [0, 0.1) is 6.92 Å². The predicted molar refractivity (Wildman–Crippen MR) is 97.4 cm³/mol. The molecule has 1 N–H and O–H groups in total. The largest absolute Gasteiger partial charge is 0.481 e. The van der Waals surface area contributed by atoms with Crippen molar-refractivity contribution in [3.05, 3.63) is 70.1 Å². The molecule has 0 aliphatic heterocycles. The van der Waals surface area contributed by atoms with Gasteiger partial charge in [0.05, 0.1) is 5.56 Å². The molecule has 3 aromatic rings. The molecular weight excluding hydrogens is 375 g/mol. The van der Waals surface area contributed by atoms with Gasteiger partial charge in [0, 0.05) is 23.2 Å². The number of rotatable bonds is 4. The number of anilines is 1. The molecular formula is C20H16F3NO4. The first-order chi connectivity index (χ1) is 13.1. The van der Waals surface area contributed by atoms with E-state index >= 15 is 0 Å². The van der Waals surface area contributed by atoms with Crippen LogP contribution in [0.2, 0.25) is 0 Å². The number of carbonyl (C=O) groups excluding carboxylic acids is 1. The van der Waals surface area contributed by atoms with Gasteiger partial charge >= 0.3 is 11.8 Å². The fourth-order valence-electron chi connectivity index (χ4n) is 2.65. The SMILES string of the molecule is Cc1cc(=O)oc2cc(OC(C)C(=O)Nc3cccc(C(F)(F)F)c3)ccc12. The van der Waals surface area contributed by atoms with Crippen LogP contribution in [0.25, 0.3) is 11.0 Å². The van der Waals surface area contributed by atoms with E-state index in [0.29, 0.717) is 5.58 Å². The molecule has 28 heavy (non-hydrogen) atoms. The molecule has 5 nitrogen and oxygen atoms in total. The quantitative estimate of drug-likeness (QED) is 0.664. The van der Waals surface area contributed by atoms with E-state index < -0.39 is 29.4 Å². The lowest BCUT2D eigenvalue weighted by atomic mass is 10.1. The number of ether oxygens (including phenoxy) is 1. The van der Waals surface area contributed by atoms with Crippen molar-refractivity contribution in [3.8, 4) is 5.75 Å². The maximum absolute atomic E-state index is 12.8. The van der Waals surface area contributed by atoms with Crippen molar-refractivity contribution in [3.63, 3.8) is 0 Å². The van der Waals surface area contributed by atoms with Crippen molar-refractivity contribution in [2.24, 2.45) is 0 Å². The van der Waals surface area contributed by atoms with Crippen LogP contribution in [0.5, 0.6) is 5.75 Å². The normalized spacial score (nSPS) is 12.6. The fourth-order valence-corrected chi connectivity index (χ4v) is 2.65. The van der Waals surface area contributed by atoms with Crippen LogP contribution in [-0.4, -0.2) is 12.0 Å². The lowest BCUT2D eigenvalue weighted by Crippen LogP contribution is -2.30. The molecule has 0 saturated heterocycles. The number of hydrogen-bond acceptors (Lipinski definition) is 4. The Balaban J connectivity index is 1.74. The zero-order valence-corrected chi connectivity index (χ0v) is 15.0. The molecule has 0 saturated carbocycles. The van der Waals surface area contributed by atoms with Crippen LogP contribution in [0.3, 0.4) is 0 Å². The maximum atomic E-state index is 12.8. The van der Waals surface area contributed by atoms with Gasteiger partial charge in [-0.15, -0.1) is 0 Å². The van der Waals surface area contributed by atoms with Gasteiger partial charge in [-0.2, -0.15) is 13.2 Å². The van der Waals surface area contributed by atoms with Crippen LogP contribution in [0.15, 0.2) is 57.7 Å². The van der Waals surface area contributed by atoms with Gasteiger partial charge in [0.1, 0.15) is 11.3 Å². The van der Waals surface area contributed by atoms with Gasteiger partial charge in [-0.3, -0.25) is 4.79 Å². The summed E-state index contributed by atoms with van der Waals surface area (Å²) < 4.78 is 49.0. The Morgan fingerprint density at radius 3 is 2.61 bits per heavy atom. The van der Waals surface area contributed by atoms with Gasteiger partial charge < -0.3 is 14.5 Å². The number of fused-ring (bicyclic) bond motifs is 1. The van der Waals surface area contributed by atoms with Crippen LogP contribution in [0.4, 0.5) is 18.9 Å². The Bertz CT molecular complexity index is 1090. The molecule has 146 valence electrons. The van der Waals surface area contributed by atoms with E-state index in [1.807, 2.05) is 0 Å². The van der Waals surface area contributed by atoms with Gasteiger partial charge in [0.2, 0.25) is 0 Å². The van der Waals surface area contributed by atoms with Crippen molar-refractivity contribution in [1.29, 1.82) is 0 Å². The van der Waals surface area contributed by atoms with Crippen LogP contribution in [0.1, 0.15) is 18.1 Å². The highest BCUT2D eigenvalue weighted by molar-refractivity contribution is 5.94. The van der Waals surface area contributed by atoms with E-state index in [1.54, 1.807) is 19.1 Å². The van der Waals surface area contributed by atoms with Crippen LogP contribution in [-0.2, 0) is 11.0 Å². The Labute approximate surface area is 157 Å². The molecule has 1 unspecified atom stereocenters. The first-order valence-corrected chi connectivity index (χ1v) is 8.33. The molecule has 3 rings (SSSR count). The monoisotopic (exact) mass is 391 g/mol. The lowest BCUT2D eigenvalue weighted by Gasteiger charge is -2.16. The average Bonchev–Trinajstić information content (AvgIpc) is 2.60. The summed E-state index contributed by atoms with van der Waals surface area (Å²) in [7, 11) is 0. The Kier molecular flexibility index (Phi) is 5.13. The van der Waals surface area contributed by atoms with Crippen molar-refractivity contribution in [1.82, 2.24) is 0 Å². The topological polar surface area (TPSA) is 68.5 Å². The predicted octanol–water partition coefficient (Wildman–Crippen LogP) is 4.53. The standard InChI is InChI=1S/C20H16F3NO4/c1-11-8-18(25)28-17-10-15(6-7-16(11)17)27-12(2)19(26)24-14-5-3-4-13(9-14)20(21,22)23/h3-10,12H,1-2H3,(H,24,26). The second-order valence-corrected chi connectivity index (χ2v) is 6.23. The summed E-state index contributed by atoms with van der Waals surface area (Å²) in [4.78, 5) is 23.8. The fraction of sp³-hybridized carbons (Fsp3) is 0.200. The first-order valence-electron chi connectivity index (χ1n) is 8.33. The minimum atomic E-state index is -4.50. The number of carbonyl (C=O) groups is 1. The Hall–Kier alpha value is -3.29. The zero-order valence-electron chi connectivity index (χ0n) is 15.0. The second-order valence-electron chi connectivity index (χ2n) is 6.23. The molecule has 1 amide bonds. The third kappa shape index (κ3) is 4.33. The van der Waals surface area contributed by atoms with E-state index in [0.717, 1.165) is 23.1 Å². The summed E-state index contributed by atoms with van der Waals surface area (Å²) in [6.45, 7) is 3.23. The molecule has 2 aromatic carbocycles. The number of benzene rings is 2. The summed E-state index contributed by atoms with van der Waals surface area (Å²) in [6, 6.07) is 10.5. The summed E-state index contributed by atoms with van der Waals surface area (Å²) >= 11 is 0. The Morgan fingerprint density at radius 2 is 1.89 bits per heavy atom. The number of halogens is 3. The van der Waals surface area contributed by atoms with Gasteiger partial charge in [-0.25, -0.2) is 4.79 Å². The molecule has 0 radical (unpaired) electrons. The van der Waals surface area contributed by atoms with Crippen molar-refractivity contribution >= 4 is 22.6 Å². The number of aryl methyl sites for hydroxylation is 1. The smallest absolute Gasteiger partial charge is 0.416 e. The third-order valence-electron chi connectivity index (χ3n) is 4.06. The third-order valence-corrected chi connectivity index (χ3v) is 4.06. The lowest BCUT2D eigenvalue weighted by molar-refractivity contribution is -0.137. The molecule has 0 bridgehead atoms. The van der Waals surface area contributed by atoms with Gasteiger partial charge in [-0.05, 0) is 49.7 Å². The second kappa shape index (κ2) is 7.38. The van der Waals surface area contributed by atoms with E-state index in [9.17, 15) is 22.8 Å². The molecule has 0 fully saturated rings. The minimum absolute atomic E-state index is 0.00964. The van der Waals surface area contributed by atoms with E-state index in [2.05, 4.69) is 5.32 Å². The maximum Gasteiger partial charge on any atom is 0.416 e. The van der Waals surface area contributed by atoms with Gasteiger partial charge in [-0.1, -0.05) is 6.07 Å². The molecule has 0 aliphatic rings. The van der Waals surface area contributed by atoms with Gasteiger partial charge in [0.25, 0.3) is 5.91 Å². The highest BCUT2D eigenvalue weighted by Gasteiger charge is 2.30. The zero-order chi connectivity index (χ0) is 20.5. The summed E-state index contributed by atoms with van der Waals surface area (Å²) in [5.74, 6) is -0.335. The summed E-state index contributed by atoms with van der Waals surface area (Å²) in [5, 5.41) is 3.12. The van der Waals surface area contributed by atoms with E-state index in [-0.39, 0.29) is 11.4 Å². The van der Waals surface area contributed by atoms with Crippen molar-refractivity contribution in [2.75, 3.05) is 5.32 Å². The van der Waals surface area contributed by atoms with E-state index in [1.165, 1.54) is 31.2 Å². The Morgan fingerprint density at radius 1 is 1.14 bits per heavy atom. The van der Waals surface area contributed by atoms with Crippen LogP contribution < -0.4 is 15.7 Å². The molecule has 0 aliphatic carbocycles. The van der Waals surface area contributed by atoms with Crippen LogP contribution >= 0.6 is 0 Å². The molecule has 1 heterocycles. The van der Waals surface area contributed by atoms with E-state index in [4.69, 9.17) is 9.15 Å². The summed E-state index contributed by atoms with van der Waals surface area (Å²) in [5.41, 5.74) is -0.298. The highest BCUT2D eigenvalue weighted by atomic mass is 19.4. The molecule has 1 atom stereocenters. The first kappa shape index (κ1) is 19.5. The average molecular weight is 391 g/mol. The molecule has 8 heteroatoms. The minimum Gasteiger partial charge on any atom is -0.481 e. The number of amides is 1. The summed E-state index contributed by atoms with van der Waals surface area (Å²) in [6.07, 6.45) is -5.50. The van der Waals surface area contributed by atoms with Crippen molar-refractivity contribution < 1.29 is 27.1 Å². The molecule has 0 spiro atoms. The van der Waals surface area contributed by atoms with Crippen molar-refractivity contribution in [2.45, 2.75) is 26.1 Å². The molecule has 1 aromatic heterocycles. The number of nitrogens with one attached hydrogen (secondary N) is 1. The van der Waals surface area contributed by atoms with Gasteiger partial charge in [0.15, 0.2) is 6.10 Å². The number of alkyl halides is 3. The highest BCUT2D eigenvalue weighted by Crippen LogP contribution is 2.30. The number of hydrogen-bond donors (Lipinski definition) is 1.